The van der Waals surface area contributed by atoms with E-state index in [-0.39, 0.29) is 5.54 Å². The fourth-order valence-electron chi connectivity index (χ4n) is 1.88. The van der Waals surface area contributed by atoms with Gasteiger partial charge in [0.05, 0.1) is 0 Å². The Balaban J connectivity index is 2.52. The summed E-state index contributed by atoms with van der Waals surface area (Å²) in [5.41, 5.74) is 3.94. The number of hydrazine groups is 1. The van der Waals surface area contributed by atoms with Crippen LogP contribution in [0.4, 0.5) is 0 Å². The van der Waals surface area contributed by atoms with E-state index in [1.807, 2.05) is 6.07 Å². The molecule has 1 aromatic carbocycles. The van der Waals surface area contributed by atoms with Crippen molar-refractivity contribution in [3.63, 3.8) is 0 Å². The largest absolute Gasteiger partial charge is 0.350 e. The van der Waals surface area contributed by atoms with Gasteiger partial charge in [-0.1, -0.05) is 44.2 Å². The highest BCUT2D eigenvalue weighted by Gasteiger charge is 2.18. The first-order valence-corrected chi connectivity index (χ1v) is 7.26. The van der Waals surface area contributed by atoms with Gasteiger partial charge in [-0.2, -0.15) is 0 Å². The van der Waals surface area contributed by atoms with Crippen molar-refractivity contribution in [2.24, 2.45) is 16.8 Å². The summed E-state index contributed by atoms with van der Waals surface area (Å²) in [7, 11) is 0. The quantitative estimate of drug-likeness (QED) is 0.324. The third-order valence-electron chi connectivity index (χ3n) is 3.09. The van der Waals surface area contributed by atoms with Gasteiger partial charge in [0.25, 0.3) is 0 Å². The van der Waals surface area contributed by atoms with Crippen LogP contribution >= 0.6 is 0 Å². The minimum Gasteiger partial charge on any atom is -0.350 e. The molecule has 0 aliphatic rings. The molecule has 1 rings (SSSR count). The monoisotopic (exact) mass is 276 g/mol. The van der Waals surface area contributed by atoms with Gasteiger partial charge < -0.3 is 5.32 Å². The van der Waals surface area contributed by atoms with Crippen molar-refractivity contribution < 1.29 is 0 Å². The molecule has 20 heavy (non-hydrogen) atoms. The Morgan fingerprint density at radius 1 is 1.25 bits per heavy atom. The van der Waals surface area contributed by atoms with E-state index in [1.54, 1.807) is 0 Å². The number of benzene rings is 1. The van der Waals surface area contributed by atoms with E-state index in [1.165, 1.54) is 5.56 Å². The van der Waals surface area contributed by atoms with Crippen LogP contribution in [0.1, 0.15) is 39.7 Å². The molecule has 112 valence electrons. The smallest absolute Gasteiger partial charge is 0.206 e. The van der Waals surface area contributed by atoms with Crippen molar-refractivity contribution in [3.05, 3.63) is 35.9 Å². The Kier molecular flexibility index (Phi) is 6.52. The molecule has 0 heterocycles. The lowest BCUT2D eigenvalue weighted by Crippen LogP contribution is -2.51. The summed E-state index contributed by atoms with van der Waals surface area (Å²) in [6.07, 6.45) is 2.04. The fraction of sp³-hybridized carbons (Fsp3) is 0.562. The van der Waals surface area contributed by atoms with Crippen molar-refractivity contribution in [2.45, 2.75) is 46.1 Å². The molecule has 0 amide bonds. The normalized spacial score (nSPS) is 12.6. The van der Waals surface area contributed by atoms with Gasteiger partial charge >= 0.3 is 0 Å². The van der Waals surface area contributed by atoms with Crippen LogP contribution in [0.25, 0.3) is 0 Å². The van der Waals surface area contributed by atoms with E-state index < -0.39 is 0 Å². The van der Waals surface area contributed by atoms with Crippen LogP contribution in [0, 0.1) is 5.92 Å². The van der Waals surface area contributed by atoms with Crippen molar-refractivity contribution in [1.82, 2.24) is 10.7 Å². The minimum absolute atomic E-state index is 0.0575. The van der Waals surface area contributed by atoms with Crippen molar-refractivity contribution in [3.8, 4) is 0 Å². The molecule has 4 N–H and O–H groups in total. The van der Waals surface area contributed by atoms with Crippen molar-refractivity contribution in [2.75, 3.05) is 6.54 Å². The maximum absolute atomic E-state index is 5.53. The van der Waals surface area contributed by atoms with Crippen LogP contribution in [0.2, 0.25) is 0 Å². The Labute approximate surface area is 122 Å². The second kappa shape index (κ2) is 7.90. The van der Waals surface area contributed by atoms with Gasteiger partial charge in [0.2, 0.25) is 5.96 Å². The zero-order chi connectivity index (χ0) is 15.0. The lowest BCUT2D eigenvalue weighted by atomic mass is 9.95. The number of nitrogens with one attached hydrogen (secondary N) is 2. The second-order valence-electron chi connectivity index (χ2n) is 6.22. The maximum Gasteiger partial charge on any atom is 0.206 e. The molecule has 0 unspecified atom stereocenters. The molecule has 0 aliphatic carbocycles. The first-order chi connectivity index (χ1) is 9.43. The standard InChI is InChI=1S/C16H28N4/c1-13(2)12-18-15(20-17)19-16(3,4)11-10-14-8-6-5-7-9-14/h5-9,13H,10-12,17H2,1-4H3,(H2,18,19,20). The second-order valence-corrected chi connectivity index (χ2v) is 6.22. The van der Waals surface area contributed by atoms with Gasteiger partial charge in [0, 0.05) is 12.1 Å². The lowest BCUT2D eigenvalue weighted by Gasteiger charge is -2.28. The van der Waals surface area contributed by atoms with Crippen LogP contribution in [-0.4, -0.2) is 18.0 Å². The number of hydrogen-bond donors (Lipinski definition) is 3. The zero-order valence-electron chi connectivity index (χ0n) is 13.1. The van der Waals surface area contributed by atoms with E-state index in [4.69, 9.17) is 5.84 Å². The Morgan fingerprint density at radius 3 is 2.45 bits per heavy atom. The molecule has 0 spiro atoms. The van der Waals surface area contributed by atoms with E-state index in [0.29, 0.717) is 11.9 Å². The number of aryl methyl sites for hydroxylation is 1. The van der Waals surface area contributed by atoms with Gasteiger partial charge in [-0.25, -0.2) is 5.84 Å². The van der Waals surface area contributed by atoms with Gasteiger partial charge in [0.15, 0.2) is 0 Å². The molecule has 4 heteroatoms. The summed E-state index contributed by atoms with van der Waals surface area (Å²) in [6, 6.07) is 10.5. The summed E-state index contributed by atoms with van der Waals surface area (Å²) in [5.74, 6) is 6.71. The Bertz CT molecular complexity index is 410. The predicted molar refractivity (Wildman–Crippen MR) is 86.4 cm³/mol. The van der Waals surface area contributed by atoms with E-state index >= 15 is 0 Å². The number of nitrogens with two attached hydrogens (primary N) is 1. The van der Waals surface area contributed by atoms with Crippen LogP contribution in [0.5, 0.6) is 0 Å². The van der Waals surface area contributed by atoms with Crippen LogP contribution in [0.3, 0.4) is 0 Å². The maximum atomic E-state index is 5.53. The molecule has 0 fully saturated rings. The highest BCUT2D eigenvalue weighted by atomic mass is 15.3. The minimum atomic E-state index is -0.0575. The van der Waals surface area contributed by atoms with Gasteiger partial charge in [-0.3, -0.25) is 10.4 Å². The molecule has 0 saturated heterocycles. The molecule has 0 aromatic heterocycles. The Morgan fingerprint density at radius 2 is 1.90 bits per heavy atom. The van der Waals surface area contributed by atoms with Crippen LogP contribution < -0.4 is 16.6 Å². The molecular formula is C16H28N4. The molecule has 4 nitrogen and oxygen atoms in total. The first kappa shape index (κ1) is 16.5. The number of aliphatic imine (C=N–C) groups is 1. The highest BCUT2D eigenvalue weighted by Crippen LogP contribution is 2.13. The highest BCUT2D eigenvalue weighted by molar-refractivity contribution is 5.79. The van der Waals surface area contributed by atoms with Crippen molar-refractivity contribution in [1.29, 1.82) is 0 Å². The summed E-state index contributed by atoms with van der Waals surface area (Å²) in [6.45, 7) is 9.37. The lowest BCUT2D eigenvalue weighted by molar-refractivity contribution is 0.419. The van der Waals surface area contributed by atoms with E-state index in [9.17, 15) is 0 Å². The molecule has 0 aliphatic heterocycles. The third kappa shape index (κ3) is 6.57. The van der Waals surface area contributed by atoms with Gasteiger partial charge in [-0.05, 0) is 38.2 Å². The fourth-order valence-corrected chi connectivity index (χ4v) is 1.88. The van der Waals surface area contributed by atoms with E-state index in [2.05, 4.69) is 67.7 Å². The summed E-state index contributed by atoms with van der Waals surface area (Å²) < 4.78 is 0. The molecule has 1 aromatic rings. The van der Waals surface area contributed by atoms with E-state index in [0.717, 1.165) is 19.4 Å². The van der Waals surface area contributed by atoms with Crippen molar-refractivity contribution >= 4 is 5.96 Å². The Hall–Kier alpha value is -1.55. The topological polar surface area (TPSA) is 62.4 Å². The molecule has 0 bridgehead atoms. The SMILES string of the molecule is CC(C)CN=C(NN)NC(C)(C)CCc1ccccc1. The average Bonchev–Trinajstić information content (AvgIpc) is 2.42. The molecule has 0 radical (unpaired) electrons. The summed E-state index contributed by atoms with van der Waals surface area (Å²) in [5, 5.41) is 3.38. The number of nitrogens with zero attached hydrogens (tertiary/aromatic N) is 1. The number of hydrogen-bond acceptors (Lipinski definition) is 2. The van der Waals surface area contributed by atoms with Crippen LogP contribution in [0.15, 0.2) is 35.3 Å². The number of guanidine groups is 1. The summed E-state index contributed by atoms with van der Waals surface area (Å²) in [4.78, 5) is 4.45. The zero-order valence-corrected chi connectivity index (χ0v) is 13.1. The third-order valence-corrected chi connectivity index (χ3v) is 3.09. The van der Waals surface area contributed by atoms with Gasteiger partial charge in [0.1, 0.15) is 0 Å². The molecule has 0 saturated carbocycles. The molecular weight excluding hydrogens is 248 g/mol. The predicted octanol–water partition coefficient (Wildman–Crippen LogP) is 2.46. The average molecular weight is 276 g/mol. The summed E-state index contributed by atoms with van der Waals surface area (Å²) >= 11 is 0. The molecule has 0 atom stereocenters. The van der Waals surface area contributed by atoms with Crippen LogP contribution in [-0.2, 0) is 6.42 Å². The first-order valence-electron chi connectivity index (χ1n) is 7.26. The number of rotatable bonds is 6. The van der Waals surface area contributed by atoms with Gasteiger partial charge in [-0.15, -0.1) is 0 Å².